The van der Waals surface area contributed by atoms with Crippen LogP contribution in [0.25, 0.3) is 0 Å². The lowest BCUT2D eigenvalue weighted by Gasteiger charge is -2.21. The van der Waals surface area contributed by atoms with Crippen LogP contribution < -0.4 is 0 Å². The van der Waals surface area contributed by atoms with Gasteiger partial charge in [0, 0.05) is 31.1 Å². The van der Waals surface area contributed by atoms with Crippen molar-refractivity contribution in [2.24, 2.45) is 0 Å². The van der Waals surface area contributed by atoms with Crippen LogP contribution in [0.3, 0.4) is 0 Å². The minimum Gasteiger partial charge on any atom is -0.396 e. The molecule has 0 aliphatic carbocycles. The van der Waals surface area contributed by atoms with Crippen molar-refractivity contribution in [3.8, 4) is 0 Å². The van der Waals surface area contributed by atoms with Crippen LogP contribution in [0.2, 0.25) is 0 Å². The van der Waals surface area contributed by atoms with Crippen LogP contribution in [0, 0.1) is 10.1 Å². The molecule has 7 nitrogen and oxygen atoms in total. The van der Waals surface area contributed by atoms with Crippen LogP contribution in [0.1, 0.15) is 25.7 Å². The standard InChI is InChI=1S/C14H21BrN2O5S/c15-9-4-1-5-10-16(11-6-12-18)23(21,22)14-8-3-2-7-13(14)17(19)20/h2-3,7-8,18H,1,4-6,9-12H2. The summed E-state index contributed by atoms with van der Waals surface area (Å²) >= 11 is 3.32. The number of nitro groups is 1. The summed E-state index contributed by atoms with van der Waals surface area (Å²) in [7, 11) is -3.97. The first kappa shape index (κ1) is 20.0. The molecule has 0 aliphatic rings. The van der Waals surface area contributed by atoms with Gasteiger partial charge in [0.1, 0.15) is 0 Å². The quantitative estimate of drug-likeness (QED) is 0.262. The molecule has 1 aromatic rings. The van der Waals surface area contributed by atoms with E-state index in [0.717, 1.165) is 18.2 Å². The molecule has 0 saturated carbocycles. The van der Waals surface area contributed by atoms with E-state index in [2.05, 4.69) is 15.9 Å². The van der Waals surface area contributed by atoms with Gasteiger partial charge >= 0.3 is 0 Å². The molecular formula is C14H21BrN2O5S. The van der Waals surface area contributed by atoms with E-state index in [-0.39, 0.29) is 31.0 Å². The maximum Gasteiger partial charge on any atom is 0.289 e. The molecule has 0 saturated heterocycles. The molecule has 0 radical (unpaired) electrons. The second-order valence-corrected chi connectivity index (χ2v) is 7.66. The van der Waals surface area contributed by atoms with Crippen LogP contribution in [0.15, 0.2) is 29.2 Å². The summed E-state index contributed by atoms with van der Waals surface area (Å²) in [4.78, 5) is 10.1. The highest BCUT2D eigenvalue weighted by Crippen LogP contribution is 2.26. The highest BCUT2D eigenvalue weighted by atomic mass is 79.9. The first-order valence-corrected chi connectivity index (χ1v) is 9.91. The van der Waals surface area contributed by atoms with Crippen molar-refractivity contribution < 1.29 is 18.4 Å². The Labute approximate surface area is 144 Å². The number of unbranched alkanes of at least 4 members (excludes halogenated alkanes) is 2. The highest BCUT2D eigenvalue weighted by molar-refractivity contribution is 9.09. The molecule has 9 heteroatoms. The zero-order valence-electron chi connectivity index (χ0n) is 12.7. The Morgan fingerprint density at radius 3 is 2.39 bits per heavy atom. The van der Waals surface area contributed by atoms with Crippen molar-refractivity contribution in [3.05, 3.63) is 34.4 Å². The van der Waals surface area contributed by atoms with E-state index in [4.69, 9.17) is 5.11 Å². The van der Waals surface area contributed by atoms with Gasteiger partial charge in [-0.05, 0) is 25.3 Å². The summed E-state index contributed by atoms with van der Waals surface area (Å²) in [6, 6.07) is 5.33. The first-order valence-electron chi connectivity index (χ1n) is 7.35. The lowest BCUT2D eigenvalue weighted by molar-refractivity contribution is -0.387. The molecule has 0 heterocycles. The minimum atomic E-state index is -3.97. The van der Waals surface area contributed by atoms with Crippen molar-refractivity contribution in [1.29, 1.82) is 0 Å². The third kappa shape index (κ3) is 5.83. The summed E-state index contributed by atoms with van der Waals surface area (Å²) in [5.74, 6) is 0. The zero-order chi connectivity index (χ0) is 17.3. The molecule has 0 spiro atoms. The molecule has 0 atom stereocenters. The number of aliphatic hydroxyl groups excluding tert-OH is 1. The SMILES string of the molecule is O=[N+]([O-])c1ccccc1S(=O)(=O)N(CCCO)CCCCCBr. The number of hydrogen-bond acceptors (Lipinski definition) is 5. The molecule has 1 N–H and O–H groups in total. The Hall–Kier alpha value is -1.03. The Morgan fingerprint density at radius 2 is 1.78 bits per heavy atom. The number of benzene rings is 1. The fourth-order valence-corrected chi connectivity index (χ4v) is 4.19. The van der Waals surface area contributed by atoms with E-state index in [1.807, 2.05) is 0 Å². The van der Waals surface area contributed by atoms with E-state index in [1.54, 1.807) is 0 Å². The average Bonchev–Trinajstić information content (AvgIpc) is 2.54. The third-order valence-electron chi connectivity index (χ3n) is 3.29. The number of nitro benzene ring substituents is 1. The van der Waals surface area contributed by atoms with E-state index >= 15 is 0 Å². The minimum absolute atomic E-state index is 0.135. The first-order chi connectivity index (χ1) is 10.9. The summed E-state index contributed by atoms with van der Waals surface area (Å²) in [6.45, 7) is 0.283. The number of nitrogens with zero attached hydrogens (tertiary/aromatic N) is 2. The van der Waals surface area contributed by atoms with Crippen LogP contribution in [0.5, 0.6) is 0 Å². The summed E-state index contributed by atoms with van der Waals surface area (Å²) in [5.41, 5.74) is -0.429. The molecule has 0 aliphatic heterocycles. The van der Waals surface area contributed by atoms with Gasteiger partial charge in [0.25, 0.3) is 5.69 Å². The Kier molecular flexibility index (Phi) is 8.67. The lowest BCUT2D eigenvalue weighted by atomic mass is 10.2. The van der Waals surface area contributed by atoms with Gasteiger partial charge in [-0.2, -0.15) is 4.31 Å². The van der Waals surface area contributed by atoms with Gasteiger partial charge in [0.05, 0.1) is 4.92 Å². The molecule has 0 unspecified atom stereocenters. The van der Waals surface area contributed by atoms with Crippen molar-refractivity contribution in [2.75, 3.05) is 25.0 Å². The molecular weight excluding hydrogens is 388 g/mol. The summed E-state index contributed by atoms with van der Waals surface area (Å²) in [6.07, 6.45) is 2.74. The Balaban J connectivity index is 3.04. The van der Waals surface area contributed by atoms with Crippen molar-refractivity contribution in [2.45, 2.75) is 30.6 Å². The van der Waals surface area contributed by atoms with E-state index in [1.165, 1.54) is 28.6 Å². The largest absolute Gasteiger partial charge is 0.396 e. The van der Waals surface area contributed by atoms with Gasteiger partial charge in [0.15, 0.2) is 4.90 Å². The van der Waals surface area contributed by atoms with Crippen LogP contribution in [-0.4, -0.2) is 47.8 Å². The molecule has 23 heavy (non-hydrogen) atoms. The number of alkyl halides is 1. The highest BCUT2D eigenvalue weighted by Gasteiger charge is 2.30. The summed E-state index contributed by atoms with van der Waals surface area (Å²) < 4.78 is 26.7. The smallest absolute Gasteiger partial charge is 0.289 e. The zero-order valence-corrected chi connectivity index (χ0v) is 15.1. The fraction of sp³-hybridized carbons (Fsp3) is 0.571. The van der Waals surface area contributed by atoms with E-state index in [0.29, 0.717) is 6.42 Å². The topological polar surface area (TPSA) is 101 Å². The monoisotopic (exact) mass is 408 g/mol. The number of aliphatic hydroxyl groups is 1. The average molecular weight is 409 g/mol. The maximum absolute atomic E-state index is 12.8. The summed E-state index contributed by atoms with van der Waals surface area (Å²) in [5, 5.41) is 20.9. The van der Waals surface area contributed by atoms with Gasteiger partial charge in [-0.15, -0.1) is 0 Å². The van der Waals surface area contributed by atoms with E-state index < -0.39 is 20.6 Å². The number of para-hydroxylation sites is 1. The van der Waals surface area contributed by atoms with Gasteiger partial charge in [-0.1, -0.05) is 34.5 Å². The third-order valence-corrected chi connectivity index (χ3v) is 5.79. The molecule has 0 fully saturated rings. The normalized spacial score (nSPS) is 11.8. The predicted molar refractivity (Wildman–Crippen MR) is 91.2 cm³/mol. The van der Waals surface area contributed by atoms with Crippen molar-refractivity contribution in [3.63, 3.8) is 0 Å². The Bertz CT molecular complexity index is 609. The molecule has 0 amide bonds. The van der Waals surface area contributed by atoms with Gasteiger partial charge in [-0.3, -0.25) is 10.1 Å². The fourth-order valence-electron chi connectivity index (χ4n) is 2.12. The van der Waals surface area contributed by atoms with Crippen LogP contribution in [0.4, 0.5) is 5.69 Å². The Morgan fingerprint density at radius 1 is 1.13 bits per heavy atom. The molecule has 1 aromatic carbocycles. The second kappa shape index (κ2) is 9.96. The van der Waals surface area contributed by atoms with Crippen molar-refractivity contribution >= 4 is 31.6 Å². The van der Waals surface area contributed by atoms with Gasteiger partial charge in [-0.25, -0.2) is 8.42 Å². The lowest BCUT2D eigenvalue weighted by Crippen LogP contribution is -2.33. The predicted octanol–water partition coefficient (Wildman–Crippen LogP) is 2.53. The molecule has 0 bridgehead atoms. The maximum atomic E-state index is 12.8. The number of hydrogen-bond donors (Lipinski definition) is 1. The number of halogens is 1. The van der Waals surface area contributed by atoms with Gasteiger partial charge < -0.3 is 5.11 Å². The molecule has 1 rings (SSSR count). The second-order valence-electron chi connectivity index (χ2n) is 4.96. The van der Waals surface area contributed by atoms with Crippen LogP contribution >= 0.6 is 15.9 Å². The van der Waals surface area contributed by atoms with Gasteiger partial charge in [0.2, 0.25) is 10.0 Å². The van der Waals surface area contributed by atoms with Crippen LogP contribution in [-0.2, 0) is 10.0 Å². The van der Waals surface area contributed by atoms with E-state index in [9.17, 15) is 18.5 Å². The number of sulfonamides is 1. The molecule has 130 valence electrons. The number of rotatable bonds is 11. The van der Waals surface area contributed by atoms with Crippen molar-refractivity contribution in [1.82, 2.24) is 4.31 Å². The molecule has 0 aromatic heterocycles.